The minimum atomic E-state index is 0.583. The third kappa shape index (κ3) is 2.68. The molecule has 0 aliphatic carbocycles. The van der Waals surface area contributed by atoms with Gasteiger partial charge in [-0.1, -0.05) is 39.8 Å². The standard InChI is InChI=1S/C15H22N2/c1-11(2)13-5-7-15(8-6-13)17-10-14(9-16-17)12(3)4/h5-9,11-12,14H,10H2,1-4H3. The number of benzene rings is 1. The summed E-state index contributed by atoms with van der Waals surface area (Å²) in [6, 6.07) is 8.77. The van der Waals surface area contributed by atoms with E-state index in [2.05, 4.69) is 68.3 Å². The van der Waals surface area contributed by atoms with E-state index in [1.807, 2.05) is 0 Å². The highest BCUT2D eigenvalue weighted by Gasteiger charge is 2.21. The second kappa shape index (κ2) is 4.91. The SMILES string of the molecule is CC(C)c1ccc(N2CC(C(C)C)C=N2)cc1. The molecule has 0 saturated carbocycles. The quantitative estimate of drug-likeness (QED) is 0.769. The van der Waals surface area contributed by atoms with Crippen molar-refractivity contribution in [1.82, 2.24) is 0 Å². The molecule has 0 bridgehead atoms. The van der Waals surface area contributed by atoms with Crippen molar-refractivity contribution in [3.63, 3.8) is 0 Å². The Hall–Kier alpha value is -1.31. The monoisotopic (exact) mass is 230 g/mol. The van der Waals surface area contributed by atoms with Crippen LogP contribution in [0.25, 0.3) is 0 Å². The molecule has 92 valence electrons. The van der Waals surface area contributed by atoms with Crippen molar-refractivity contribution in [3.8, 4) is 0 Å². The van der Waals surface area contributed by atoms with Crippen LogP contribution in [0.1, 0.15) is 39.2 Å². The highest BCUT2D eigenvalue weighted by molar-refractivity contribution is 5.68. The van der Waals surface area contributed by atoms with Gasteiger partial charge in [-0.3, -0.25) is 5.01 Å². The molecule has 17 heavy (non-hydrogen) atoms. The van der Waals surface area contributed by atoms with Crippen LogP contribution in [0.15, 0.2) is 29.4 Å². The second-order valence-corrected chi connectivity index (χ2v) is 5.50. The summed E-state index contributed by atoms with van der Waals surface area (Å²) in [6.07, 6.45) is 2.08. The van der Waals surface area contributed by atoms with E-state index in [1.165, 1.54) is 11.3 Å². The summed E-state index contributed by atoms with van der Waals surface area (Å²) >= 11 is 0. The van der Waals surface area contributed by atoms with Crippen molar-refractivity contribution >= 4 is 11.9 Å². The lowest BCUT2D eigenvalue weighted by Crippen LogP contribution is -2.20. The average Bonchev–Trinajstić information content (AvgIpc) is 2.78. The first-order valence-electron chi connectivity index (χ1n) is 6.49. The zero-order valence-corrected chi connectivity index (χ0v) is 11.2. The smallest absolute Gasteiger partial charge is 0.0594 e. The molecule has 1 unspecified atom stereocenters. The van der Waals surface area contributed by atoms with Crippen LogP contribution in [-0.4, -0.2) is 12.8 Å². The number of hydrogen-bond acceptors (Lipinski definition) is 2. The van der Waals surface area contributed by atoms with Gasteiger partial charge in [0.05, 0.1) is 5.69 Å². The van der Waals surface area contributed by atoms with Gasteiger partial charge in [-0.15, -0.1) is 0 Å². The number of hydrazone groups is 1. The van der Waals surface area contributed by atoms with Gasteiger partial charge in [0.1, 0.15) is 0 Å². The van der Waals surface area contributed by atoms with Crippen LogP contribution in [0.4, 0.5) is 5.69 Å². The van der Waals surface area contributed by atoms with Crippen molar-refractivity contribution in [2.24, 2.45) is 16.9 Å². The van der Waals surface area contributed by atoms with Crippen molar-refractivity contribution in [3.05, 3.63) is 29.8 Å². The maximum Gasteiger partial charge on any atom is 0.0594 e. The highest BCUT2D eigenvalue weighted by atomic mass is 15.5. The van der Waals surface area contributed by atoms with Gasteiger partial charge in [-0.05, 0) is 29.5 Å². The predicted molar refractivity (Wildman–Crippen MR) is 74.7 cm³/mol. The molecule has 2 nitrogen and oxygen atoms in total. The Morgan fingerprint density at radius 2 is 1.76 bits per heavy atom. The van der Waals surface area contributed by atoms with Gasteiger partial charge in [0, 0.05) is 18.7 Å². The third-order valence-electron chi connectivity index (χ3n) is 3.50. The van der Waals surface area contributed by atoms with Gasteiger partial charge in [0.15, 0.2) is 0 Å². The molecule has 1 aromatic rings. The summed E-state index contributed by atoms with van der Waals surface area (Å²) in [6.45, 7) is 9.96. The zero-order chi connectivity index (χ0) is 12.4. The average molecular weight is 230 g/mol. The molecule has 0 fully saturated rings. The lowest BCUT2D eigenvalue weighted by Gasteiger charge is -2.18. The Kier molecular flexibility index (Phi) is 3.51. The number of rotatable bonds is 3. The fourth-order valence-electron chi connectivity index (χ4n) is 2.05. The van der Waals surface area contributed by atoms with Gasteiger partial charge < -0.3 is 0 Å². The van der Waals surface area contributed by atoms with Gasteiger partial charge in [-0.2, -0.15) is 5.10 Å². The Balaban J connectivity index is 2.07. The van der Waals surface area contributed by atoms with E-state index in [9.17, 15) is 0 Å². The van der Waals surface area contributed by atoms with E-state index < -0.39 is 0 Å². The maximum atomic E-state index is 4.49. The molecule has 0 amide bonds. The molecule has 0 radical (unpaired) electrons. The lowest BCUT2D eigenvalue weighted by atomic mass is 9.98. The van der Waals surface area contributed by atoms with E-state index in [0.29, 0.717) is 17.8 Å². The largest absolute Gasteiger partial charge is 0.265 e. The van der Waals surface area contributed by atoms with E-state index in [4.69, 9.17) is 0 Å². The van der Waals surface area contributed by atoms with E-state index >= 15 is 0 Å². The summed E-state index contributed by atoms with van der Waals surface area (Å²) in [5.74, 6) is 1.84. The van der Waals surface area contributed by atoms with Crippen LogP contribution in [0.5, 0.6) is 0 Å². The van der Waals surface area contributed by atoms with Crippen LogP contribution in [0.3, 0.4) is 0 Å². The van der Waals surface area contributed by atoms with Crippen molar-refractivity contribution < 1.29 is 0 Å². The summed E-state index contributed by atoms with van der Waals surface area (Å²) < 4.78 is 0. The van der Waals surface area contributed by atoms with E-state index in [-0.39, 0.29) is 0 Å². The van der Waals surface area contributed by atoms with Crippen LogP contribution in [0, 0.1) is 11.8 Å². The fraction of sp³-hybridized carbons (Fsp3) is 0.533. The minimum absolute atomic E-state index is 0.583. The third-order valence-corrected chi connectivity index (χ3v) is 3.50. The van der Waals surface area contributed by atoms with Gasteiger partial charge >= 0.3 is 0 Å². The topological polar surface area (TPSA) is 15.6 Å². The summed E-state index contributed by atoms with van der Waals surface area (Å²) in [7, 11) is 0. The molecule has 1 aliphatic heterocycles. The Labute approximate surface area is 104 Å². The molecule has 1 aliphatic rings. The Bertz CT molecular complexity index is 390. The summed E-state index contributed by atoms with van der Waals surface area (Å²) in [4.78, 5) is 0. The molecule has 1 aromatic carbocycles. The molecule has 0 N–H and O–H groups in total. The molecule has 0 saturated heterocycles. The molecular weight excluding hydrogens is 208 g/mol. The first-order valence-corrected chi connectivity index (χ1v) is 6.49. The zero-order valence-electron chi connectivity index (χ0n) is 11.2. The van der Waals surface area contributed by atoms with Crippen LogP contribution < -0.4 is 5.01 Å². The fourth-order valence-corrected chi connectivity index (χ4v) is 2.05. The predicted octanol–water partition coefficient (Wildman–Crippen LogP) is 3.89. The minimum Gasteiger partial charge on any atom is -0.265 e. The summed E-state index contributed by atoms with van der Waals surface area (Å²) in [5.41, 5.74) is 2.59. The van der Waals surface area contributed by atoms with Crippen LogP contribution in [-0.2, 0) is 0 Å². The first-order chi connectivity index (χ1) is 8.08. The normalized spacial score (nSPS) is 19.6. The Morgan fingerprint density at radius 1 is 1.12 bits per heavy atom. The molecule has 0 aromatic heterocycles. The van der Waals surface area contributed by atoms with Gasteiger partial charge in [0.25, 0.3) is 0 Å². The summed E-state index contributed by atoms with van der Waals surface area (Å²) in [5, 5.41) is 6.60. The second-order valence-electron chi connectivity index (χ2n) is 5.50. The van der Waals surface area contributed by atoms with E-state index in [1.54, 1.807) is 0 Å². The van der Waals surface area contributed by atoms with E-state index in [0.717, 1.165) is 6.54 Å². The number of nitrogens with zero attached hydrogens (tertiary/aromatic N) is 2. The number of hydrogen-bond donors (Lipinski definition) is 0. The molecule has 2 rings (SSSR count). The molecule has 0 spiro atoms. The molecular formula is C15H22N2. The lowest BCUT2D eigenvalue weighted by molar-refractivity contribution is 0.518. The van der Waals surface area contributed by atoms with Crippen LogP contribution >= 0.6 is 0 Å². The first kappa shape index (κ1) is 12.2. The molecule has 1 heterocycles. The van der Waals surface area contributed by atoms with Gasteiger partial charge in [0.2, 0.25) is 0 Å². The van der Waals surface area contributed by atoms with Crippen molar-refractivity contribution in [2.75, 3.05) is 11.6 Å². The van der Waals surface area contributed by atoms with Crippen LogP contribution in [0.2, 0.25) is 0 Å². The van der Waals surface area contributed by atoms with Gasteiger partial charge in [-0.25, -0.2) is 0 Å². The van der Waals surface area contributed by atoms with Crippen molar-refractivity contribution in [2.45, 2.75) is 33.6 Å². The highest BCUT2D eigenvalue weighted by Crippen LogP contribution is 2.25. The maximum absolute atomic E-state index is 4.49. The number of anilines is 1. The van der Waals surface area contributed by atoms with Crippen molar-refractivity contribution in [1.29, 1.82) is 0 Å². The Morgan fingerprint density at radius 3 is 2.24 bits per heavy atom. The molecule has 1 atom stereocenters. The molecule has 2 heteroatoms.